The topological polar surface area (TPSA) is 20.2 Å². The van der Waals surface area contributed by atoms with E-state index in [1.165, 1.54) is 11.1 Å². The summed E-state index contributed by atoms with van der Waals surface area (Å²) in [5.41, 5.74) is 2.74. The van der Waals surface area contributed by atoms with Crippen molar-refractivity contribution in [3.63, 3.8) is 0 Å². The molecule has 1 aromatic rings. The van der Waals surface area contributed by atoms with Gasteiger partial charge in [-0.1, -0.05) is 31.7 Å². The molecule has 0 aliphatic rings. The number of hydrogen-bond acceptors (Lipinski definition) is 1. The maximum Gasteiger partial charge on any atom is 0.0319 e. The first-order valence-corrected chi connectivity index (χ1v) is 3.27. The minimum atomic E-state index is 0. The first-order valence-electron chi connectivity index (χ1n) is 3.27. The van der Waals surface area contributed by atoms with Crippen LogP contribution in [0.2, 0.25) is 0 Å². The van der Waals surface area contributed by atoms with Crippen LogP contribution in [0.15, 0.2) is 24.3 Å². The lowest BCUT2D eigenvalue weighted by atomic mass is 10.1. The largest absolute Gasteiger partial charge is 0.400 e. The summed E-state index contributed by atoms with van der Waals surface area (Å²) in [6.45, 7) is 4.24. The van der Waals surface area contributed by atoms with Gasteiger partial charge >= 0.3 is 0 Å². The Morgan fingerprint density at radius 3 is 1.36 bits per heavy atom. The van der Waals surface area contributed by atoms with Gasteiger partial charge in [0.2, 0.25) is 0 Å². The van der Waals surface area contributed by atoms with E-state index in [0.717, 1.165) is 7.11 Å². The van der Waals surface area contributed by atoms with Crippen molar-refractivity contribution in [1.82, 2.24) is 0 Å². The predicted octanol–water partition coefficient (Wildman–Crippen LogP) is 2.55. The summed E-state index contributed by atoms with van der Waals surface area (Å²) in [5.74, 6) is 0. The molecule has 0 atom stereocenters. The molecule has 1 heteroatoms. The third-order valence-corrected chi connectivity index (χ3v) is 1.43. The average Bonchev–Trinajstić information content (AvgIpc) is 2.00. The minimum Gasteiger partial charge on any atom is -0.400 e. The molecule has 0 aromatic heterocycles. The van der Waals surface area contributed by atoms with Crippen LogP contribution in [0.25, 0.3) is 0 Å². The summed E-state index contributed by atoms with van der Waals surface area (Å²) in [6, 6.07) is 8.36. The fraction of sp³-hybridized carbons (Fsp3) is 0.400. The molecule has 0 radical (unpaired) electrons. The maximum absolute atomic E-state index is 7.00. The molecule has 1 nitrogen and oxygen atoms in total. The van der Waals surface area contributed by atoms with Crippen LogP contribution in [0.1, 0.15) is 18.6 Å². The van der Waals surface area contributed by atoms with Gasteiger partial charge in [0.25, 0.3) is 0 Å². The van der Waals surface area contributed by atoms with E-state index in [9.17, 15) is 0 Å². The van der Waals surface area contributed by atoms with E-state index in [1.807, 2.05) is 0 Å². The summed E-state index contributed by atoms with van der Waals surface area (Å²) >= 11 is 0. The van der Waals surface area contributed by atoms with Crippen LogP contribution in [-0.4, -0.2) is 12.2 Å². The van der Waals surface area contributed by atoms with Gasteiger partial charge in [0, 0.05) is 7.11 Å². The Hall–Kier alpha value is -0.820. The van der Waals surface area contributed by atoms with Crippen LogP contribution < -0.4 is 0 Å². The summed E-state index contributed by atoms with van der Waals surface area (Å²) in [5, 5.41) is 7.00. The van der Waals surface area contributed by atoms with Gasteiger partial charge in [-0.05, 0) is 25.0 Å². The number of benzene rings is 1. The van der Waals surface area contributed by atoms with Crippen LogP contribution in [0.4, 0.5) is 0 Å². The summed E-state index contributed by atoms with van der Waals surface area (Å²) in [4.78, 5) is 0. The van der Waals surface area contributed by atoms with Gasteiger partial charge in [-0.2, -0.15) is 0 Å². The molecule has 1 aromatic carbocycles. The Bertz CT molecular complexity index is 161. The normalized spacial score (nSPS) is 7.27. The third kappa shape index (κ3) is 4.57. The Morgan fingerprint density at radius 1 is 0.909 bits per heavy atom. The van der Waals surface area contributed by atoms with Crippen LogP contribution in [0, 0.1) is 13.8 Å². The van der Waals surface area contributed by atoms with Gasteiger partial charge in [-0.15, -0.1) is 0 Å². The zero-order valence-electron chi connectivity index (χ0n) is 6.76. The van der Waals surface area contributed by atoms with Crippen LogP contribution in [0.5, 0.6) is 0 Å². The van der Waals surface area contributed by atoms with E-state index < -0.39 is 0 Å². The first-order chi connectivity index (χ1) is 4.80. The monoisotopic (exact) mass is 154 g/mol. The van der Waals surface area contributed by atoms with Gasteiger partial charge in [-0.3, -0.25) is 0 Å². The van der Waals surface area contributed by atoms with Crippen LogP contribution in [0.3, 0.4) is 0 Å². The molecule has 0 unspecified atom stereocenters. The van der Waals surface area contributed by atoms with Gasteiger partial charge < -0.3 is 5.11 Å². The average molecular weight is 154 g/mol. The Balaban J connectivity index is 0. The molecule has 1 N–H and O–H groups in total. The number of aryl methyl sites for hydroxylation is 2. The zero-order chi connectivity index (χ0) is 7.98. The standard InChI is InChI=1S/C8H10.CH4O.CH4/c1-7-5-3-4-6-8(7)2;1-2;/h3-6H,1-2H3;2H,1H3;1H4. The highest BCUT2D eigenvalue weighted by atomic mass is 16.2. The highest BCUT2D eigenvalue weighted by molar-refractivity contribution is 5.23. The highest BCUT2D eigenvalue weighted by Crippen LogP contribution is 2.02. The Morgan fingerprint density at radius 2 is 1.18 bits per heavy atom. The molecule has 0 heterocycles. The molecule has 0 saturated carbocycles. The van der Waals surface area contributed by atoms with Crippen molar-refractivity contribution < 1.29 is 5.11 Å². The maximum atomic E-state index is 7.00. The van der Waals surface area contributed by atoms with Crippen molar-refractivity contribution in [2.45, 2.75) is 21.3 Å². The van der Waals surface area contributed by atoms with Gasteiger partial charge in [-0.25, -0.2) is 0 Å². The second kappa shape index (κ2) is 7.29. The molecule has 1 rings (SSSR count). The van der Waals surface area contributed by atoms with Crippen LogP contribution in [-0.2, 0) is 0 Å². The van der Waals surface area contributed by atoms with Gasteiger partial charge in [0.1, 0.15) is 0 Å². The number of rotatable bonds is 0. The summed E-state index contributed by atoms with van der Waals surface area (Å²) in [7, 11) is 1.00. The van der Waals surface area contributed by atoms with Gasteiger partial charge in [0.15, 0.2) is 0 Å². The number of aliphatic hydroxyl groups excluding tert-OH is 1. The molecule has 0 saturated heterocycles. The lowest BCUT2D eigenvalue weighted by Gasteiger charge is -1.93. The molecule has 0 fully saturated rings. The first kappa shape index (κ1) is 12.8. The Kier molecular flexibility index (Phi) is 8.50. The van der Waals surface area contributed by atoms with E-state index in [4.69, 9.17) is 5.11 Å². The summed E-state index contributed by atoms with van der Waals surface area (Å²) < 4.78 is 0. The van der Waals surface area contributed by atoms with Crippen molar-refractivity contribution in [3.8, 4) is 0 Å². The SMILES string of the molecule is C.CO.Cc1ccccc1C. The number of hydrogen-bond donors (Lipinski definition) is 1. The van der Waals surface area contributed by atoms with Crippen molar-refractivity contribution in [2.75, 3.05) is 7.11 Å². The molecular formula is C10H18O. The molecule has 11 heavy (non-hydrogen) atoms. The lowest BCUT2D eigenvalue weighted by molar-refractivity contribution is 0.399. The van der Waals surface area contributed by atoms with E-state index in [2.05, 4.69) is 38.1 Å². The fourth-order valence-corrected chi connectivity index (χ4v) is 0.663. The van der Waals surface area contributed by atoms with E-state index in [-0.39, 0.29) is 7.43 Å². The fourth-order valence-electron chi connectivity index (χ4n) is 0.663. The van der Waals surface area contributed by atoms with E-state index in [1.54, 1.807) is 0 Å². The van der Waals surface area contributed by atoms with Crippen molar-refractivity contribution in [2.24, 2.45) is 0 Å². The van der Waals surface area contributed by atoms with E-state index >= 15 is 0 Å². The molecule has 0 aliphatic heterocycles. The molecule has 0 bridgehead atoms. The molecule has 64 valence electrons. The number of aliphatic hydroxyl groups is 1. The molecule has 0 aliphatic carbocycles. The smallest absolute Gasteiger partial charge is 0.0319 e. The second-order valence-corrected chi connectivity index (χ2v) is 2.08. The second-order valence-electron chi connectivity index (χ2n) is 2.08. The summed E-state index contributed by atoms with van der Waals surface area (Å²) in [6.07, 6.45) is 0. The highest BCUT2D eigenvalue weighted by Gasteiger charge is 1.83. The third-order valence-electron chi connectivity index (χ3n) is 1.43. The Labute approximate surface area is 69.7 Å². The lowest BCUT2D eigenvalue weighted by Crippen LogP contribution is -1.74. The quantitative estimate of drug-likeness (QED) is 0.609. The minimum absolute atomic E-state index is 0. The molecule has 0 spiro atoms. The van der Waals surface area contributed by atoms with Crippen LogP contribution >= 0.6 is 0 Å². The van der Waals surface area contributed by atoms with Gasteiger partial charge in [0.05, 0.1) is 0 Å². The predicted molar refractivity (Wildman–Crippen MR) is 50.8 cm³/mol. The van der Waals surface area contributed by atoms with Crippen molar-refractivity contribution in [1.29, 1.82) is 0 Å². The molecule has 0 amide bonds. The van der Waals surface area contributed by atoms with Crippen molar-refractivity contribution >= 4 is 0 Å². The van der Waals surface area contributed by atoms with Crippen molar-refractivity contribution in [3.05, 3.63) is 35.4 Å². The molecular weight excluding hydrogens is 136 g/mol. The van der Waals surface area contributed by atoms with E-state index in [0.29, 0.717) is 0 Å². The zero-order valence-corrected chi connectivity index (χ0v) is 6.76.